The first kappa shape index (κ1) is 13.9. The van der Waals surface area contributed by atoms with Crippen LogP contribution in [0.1, 0.15) is 35.7 Å². The van der Waals surface area contributed by atoms with Crippen LogP contribution in [-0.4, -0.2) is 9.78 Å². The Morgan fingerprint density at radius 2 is 2.05 bits per heavy atom. The minimum absolute atomic E-state index is 0.765. The number of hydrogen-bond acceptors (Lipinski definition) is 4. The van der Waals surface area contributed by atoms with Crippen molar-refractivity contribution in [1.82, 2.24) is 9.78 Å². The van der Waals surface area contributed by atoms with Crippen molar-refractivity contribution in [1.29, 1.82) is 0 Å². The van der Waals surface area contributed by atoms with Crippen LogP contribution < -0.4 is 11.1 Å². The Morgan fingerprint density at radius 3 is 2.68 bits per heavy atom. The number of thiophene rings is 1. The minimum Gasteiger partial charge on any atom is -0.394 e. The van der Waals surface area contributed by atoms with Gasteiger partial charge in [-0.15, -0.1) is 11.3 Å². The molecule has 2 rings (SSSR count). The van der Waals surface area contributed by atoms with Crippen molar-refractivity contribution in [2.45, 2.75) is 46.7 Å². The highest BCUT2D eigenvalue weighted by atomic mass is 32.1. The standard InChI is InChI=1S/C14H22N4S/c1-4-8-18-14(13(15)10(3)17-18)16-9-12-7-6-11(5-2)19-12/h6-7,16H,4-5,8-9,15H2,1-3H3. The van der Waals surface area contributed by atoms with Crippen LogP contribution in [0, 0.1) is 6.92 Å². The highest BCUT2D eigenvalue weighted by Gasteiger charge is 2.11. The van der Waals surface area contributed by atoms with E-state index < -0.39 is 0 Å². The first-order valence-corrected chi connectivity index (χ1v) is 7.61. The normalized spacial score (nSPS) is 10.9. The third kappa shape index (κ3) is 3.10. The third-order valence-corrected chi connectivity index (χ3v) is 4.33. The Balaban J connectivity index is 2.09. The summed E-state index contributed by atoms with van der Waals surface area (Å²) in [4.78, 5) is 2.75. The summed E-state index contributed by atoms with van der Waals surface area (Å²) in [5.74, 6) is 0.950. The van der Waals surface area contributed by atoms with Crippen LogP contribution in [0.25, 0.3) is 0 Å². The summed E-state index contributed by atoms with van der Waals surface area (Å²) in [6.07, 6.45) is 2.15. The van der Waals surface area contributed by atoms with E-state index in [0.717, 1.165) is 43.1 Å². The fraction of sp³-hybridized carbons (Fsp3) is 0.500. The lowest BCUT2D eigenvalue weighted by molar-refractivity contribution is 0.603. The second-order valence-corrected chi connectivity index (χ2v) is 5.90. The molecule has 0 bridgehead atoms. The van der Waals surface area contributed by atoms with Gasteiger partial charge in [0.05, 0.1) is 17.9 Å². The van der Waals surface area contributed by atoms with Gasteiger partial charge in [0, 0.05) is 16.3 Å². The quantitative estimate of drug-likeness (QED) is 0.851. The van der Waals surface area contributed by atoms with Crippen molar-refractivity contribution in [3.05, 3.63) is 27.6 Å². The smallest absolute Gasteiger partial charge is 0.148 e. The van der Waals surface area contributed by atoms with Gasteiger partial charge in [0.1, 0.15) is 5.82 Å². The first-order valence-electron chi connectivity index (χ1n) is 6.80. The number of nitrogens with one attached hydrogen (secondary N) is 1. The van der Waals surface area contributed by atoms with Crippen molar-refractivity contribution >= 4 is 22.8 Å². The Labute approximate surface area is 118 Å². The van der Waals surface area contributed by atoms with Gasteiger partial charge < -0.3 is 11.1 Å². The van der Waals surface area contributed by atoms with Crippen LogP contribution in [0.15, 0.2) is 12.1 Å². The summed E-state index contributed by atoms with van der Waals surface area (Å²) < 4.78 is 1.97. The van der Waals surface area contributed by atoms with E-state index in [9.17, 15) is 0 Å². The zero-order chi connectivity index (χ0) is 13.8. The molecule has 0 fully saturated rings. The lowest BCUT2D eigenvalue weighted by atomic mass is 10.3. The number of nitrogen functional groups attached to an aromatic ring is 1. The Bertz CT molecular complexity index is 542. The van der Waals surface area contributed by atoms with Gasteiger partial charge >= 0.3 is 0 Å². The molecule has 4 nitrogen and oxygen atoms in total. The zero-order valence-electron chi connectivity index (χ0n) is 11.9. The predicted molar refractivity (Wildman–Crippen MR) is 82.7 cm³/mol. The molecule has 104 valence electrons. The van der Waals surface area contributed by atoms with Gasteiger partial charge in [-0.1, -0.05) is 13.8 Å². The second-order valence-electron chi connectivity index (χ2n) is 4.65. The largest absolute Gasteiger partial charge is 0.394 e. The van der Waals surface area contributed by atoms with E-state index in [1.165, 1.54) is 9.75 Å². The molecule has 2 heterocycles. The summed E-state index contributed by atoms with van der Waals surface area (Å²) in [5.41, 5.74) is 7.75. The van der Waals surface area contributed by atoms with Gasteiger partial charge in [-0.2, -0.15) is 5.10 Å². The predicted octanol–water partition coefficient (Wildman–Crippen LogP) is 3.42. The van der Waals surface area contributed by atoms with Crippen LogP contribution in [0.2, 0.25) is 0 Å². The van der Waals surface area contributed by atoms with E-state index in [2.05, 4.69) is 36.4 Å². The van der Waals surface area contributed by atoms with Gasteiger partial charge in [0.25, 0.3) is 0 Å². The summed E-state index contributed by atoms with van der Waals surface area (Å²) in [6, 6.07) is 4.37. The Hall–Kier alpha value is -1.49. The number of hydrogen-bond donors (Lipinski definition) is 2. The average molecular weight is 278 g/mol. The van der Waals surface area contributed by atoms with Gasteiger partial charge in [-0.25, -0.2) is 4.68 Å². The van der Waals surface area contributed by atoms with E-state index in [0.29, 0.717) is 0 Å². The molecule has 0 aromatic carbocycles. The number of aryl methyl sites for hydroxylation is 3. The van der Waals surface area contributed by atoms with E-state index in [1.54, 1.807) is 0 Å². The van der Waals surface area contributed by atoms with E-state index in [1.807, 2.05) is 22.9 Å². The van der Waals surface area contributed by atoms with Crippen molar-refractivity contribution in [3.63, 3.8) is 0 Å². The van der Waals surface area contributed by atoms with Crippen LogP contribution in [0.4, 0.5) is 11.5 Å². The van der Waals surface area contributed by atoms with Gasteiger partial charge in [0.2, 0.25) is 0 Å². The molecular formula is C14H22N4S. The number of anilines is 2. The lowest BCUT2D eigenvalue weighted by Crippen LogP contribution is -2.08. The fourth-order valence-electron chi connectivity index (χ4n) is 2.03. The van der Waals surface area contributed by atoms with E-state index in [4.69, 9.17) is 5.73 Å². The number of nitrogens with two attached hydrogens (primary N) is 1. The fourth-order valence-corrected chi connectivity index (χ4v) is 2.93. The second kappa shape index (κ2) is 6.10. The molecule has 0 aliphatic rings. The third-order valence-electron chi connectivity index (χ3n) is 3.10. The molecule has 19 heavy (non-hydrogen) atoms. The summed E-state index contributed by atoms with van der Waals surface area (Å²) in [7, 11) is 0. The Kier molecular flexibility index (Phi) is 4.47. The van der Waals surface area contributed by atoms with Gasteiger partial charge in [0.15, 0.2) is 0 Å². The molecule has 0 spiro atoms. The van der Waals surface area contributed by atoms with E-state index in [-0.39, 0.29) is 0 Å². The maximum atomic E-state index is 6.09. The lowest BCUT2D eigenvalue weighted by Gasteiger charge is -2.09. The van der Waals surface area contributed by atoms with Crippen molar-refractivity contribution in [3.8, 4) is 0 Å². The zero-order valence-corrected chi connectivity index (χ0v) is 12.7. The SMILES string of the molecule is CCCn1nc(C)c(N)c1NCc1ccc(CC)s1. The van der Waals surface area contributed by atoms with Crippen LogP contribution >= 0.6 is 11.3 Å². The number of nitrogens with zero attached hydrogens (tertiary/aromatic N) is 2. The Morgan fingerprint density at radius 1 is 1.32 bits per heavy atom. The molecule has 0 aliphatic heterocycles. The number of rotatable bonds is 6. The van der Waals surface area contributed by atoms with Crippen molar-refractivity contribution in [2.24, 2.45) is 0 Å². The summed E-state index contributed by atoms with van der Waals surface area (Å²) in [6.45, 7) is 7.98. The molecule has 0 atom stereocenters. The molecule has 0 unspecified atom stereocenters. The van der Waals surface area contributed by atoms with Crippen molar-refractivity contribution < 1.29 is 0 Å². The average Bonchev–Trinajstić information content (AvgIpc) is 2.95. The van der Waals surface area contributed by atoms with Crippen LogP contribution in [-0.2, 0) is 19.5 Å². The molecule has 0 saturated heterocycles. The molecular weight excluding hydrogens is 256 g/mol. The first-order chi connectivity index (χ1) is 9.15. The van der Waals surface area contributed by atoms with Crippen molar-refractivity contribution in [2.75, 3.05) is 11.1 Å². The van der Waals surface area contributed by atoms with Gasteiger partial charge in [-0.3, -0.25) is 0 Å². The molecule has 2 aromatic rings. The molecule has 0 radical (unpaired) electrons. The van der Waals surface area contributed by atoms with E-state index >= 15 is 0 Å². The maximum Gasteiger partial charge on any atom is 0.148 e. The molecule has 5 heteroatoms. The van der Waals surface area contributed by atoms with Crippen LogP contribution in [0.3, 0.4) is 0 Å². The van der Waals surface area contributed by atoms with Crippen LogP contribution in [0.5, 0.6) is 0 Å². The topological polar surface area (TPSA) is 55.9 Å². The molecule has 0 saturated carbocycles. The molecule has 2 aromatic heterocycles. The highest BCUT2D eigenvalue weighted by molar-refractivity contribution is 7.12. The highest BCUT2D eigenvalue weighted by Crippen LogP contribution is 2.24. The maximum absolute atomic E-state index is 6.09. The van der Waals surface area contributed by atoms with Gasteiger partial charge in [-0.05, 0) is 31.9 Å². The summed E-state index contributed by atoms with van der Waals surface area (Å²) in [5, 5.41) is 7.89. The summed E-state index contributed by atoms with van der Waals surface area (Å²) >= 11 is 1.85. The molecule has 3 N–H and O–H groups in total. The number of aromatic nitrogens is 2. The molecule has 0 amide bonds. The monoisotopic (exact) mass is 278 g/mol. The molecule has 0 aliphatic carbocycles. The minimum atomic E-state index is 0.765.